The minimum atomic E-state index is -0.657. The fourth-order valence-corrected chi connectivity index (χ4v) is 0.806. The van der Waals surface area contributed by atoms with Crippen LogP contribution in [0.15, 0.2) is 16.7 Å². The maximum atomic E-state index is 11.0. The number of hydrogen-bond donors (Lipinski definition) is 0. The summed E-state index contributed by atoms with van der Waals surface area (Å²) in [6.07, 6.45) is 1.27. The van der Waals surface area contributed by atoms with Crippen molar-refractivity contribution in [2.75, 3.05) is 6.61 Å². The van der Waals surface area contributed by atoms with Crippen LogP contribution in [0.2, 0.25) is 5.22 Å². The molecule has 0 saturated carbocycles. The third kappa shape index (κ3) is 1.77. The van der Waals surface area contributed by atoms with Crippen LogP contribution in [0, 0.1) is 11.3 Å². The van der Waals surface area contributed by atoms with Crippen molar-refractivity contribution in [1.29, 1.82) is 5.26 Å². The Hall–Kier alpha value is -1.47. The number of ether oxygens (including phenoxy) is 1. The zero-order valence-corrected chi connectivity index (χ0v) is 6.67. The van der Waals surface area contributed by atoms with Gasteiger partial charge in [0.25, 0.3) is 0 Å². The molecule has 4 nitrogen and oxygen atoms in total. The fraction of sp³-hybridized carbons (Fsp3) is 0.143. The Morgan fingerprint density at radius 2 is 2.58 bits per heavy atom. The molecule has 0 bridgehead atoms. The van der Waals surface area contributed by atoms with E-state index in [0.29, 0.717) is 0 Å². The summed E-state index contributed by atoms with van der Waals surface area (Å²) in [5, 5.41) is 8.07. The maximum absolute atomic E-state index is 11.0. The number of rotatable bonds is 2. The largest absolute Gasteiger partial charge is 0.452 e. The molecule has 0 aliphatic rings. The highest BCUT2D eigenvalue weighted by Crippen LogP contribution is 2.17. The summed E-state index contributed by atoms with van der Waals surface area (Å²) in [6.45, 7) is -0.291. The molecule has 1 aromatic heterocycles. The van der Waals surface area contributed by atoms with Gasteiger partial charge in [-0.1, -0.05) is 0 Å². The van der Waals surface area contributed by atoms with Crippen LogP contribution in [-0.4, -0.2) is 12.6 Å². The molecule has 0 N–H and O–H groups in total. The lowest BCUT2D eigenvalue weighted by molar-refractivity contribution is 0.0554. The van der Waals surface area contributed by atoms with Gasteiger partial charge in [0.15, 0.2) is 6.61 Å². The van der Waals surface area contributed by atoms with E-state index in [4.69, 9.17) is 16.9 Å². The number of hydrogen-bond acceptors (Lipinski definition) is 4. The van der Waals surface area contributed by atoms with Crippen LogP contribution in [0.4, 0.5) is 0 Å². The molecule has 12 heavy (non-hydrogen) atoms. The molecule has 0 unspecified atom stereocenters. The number of carbonyl (C=O) groups excluding carboxylic acids is 1. The van der Waals surface area contributed by atoms with Gasteiger partial charge in [0.05, 0.1) is 6.26 Å². The van der Waals surface area contributed by atoms with Crippen molar-refractivity contribution in [3.05, 3.63) is 23.1 Å². The second-order valence-corrected chi connectivity index (χ2v) is 2.19. The number of nitriles is 1. The van der Waals surface area contributed by atoms with Crippen molar-refractivity contribution in [3.8, 4) is 6.07 Å². The number of nitrogens with zero attached hydrogens (tertiary/aromatic N) is 1. The first-order valence-electron chi connectivity index (χ1n) is 3.02. The summed E-state index contributed by atoms with van der Waals surface area (Å²) in [7, 11) is 0. The molecular formula is C7H4ClNO3. The predicted molar refractivity (Wildman–Crippen MR) is 39.6 cm³/mol. The Balaban J connectivity index is 2.67. The van der Waals surface area contributed by atoms with Crippen molar-refractivity contribution >= 4 is 17.6 Å². The molecule has 0 fully saturated rings. The second-order valence-electron chi connectivity index (χ2n) is 1.84. The normalized spacial score (nSPS) is 9.00. The van der Waals surface area contributed by atoms with Crippen molar-refractivity contribution < 1.29 is 13.9 Å². The molecule has 0 spiro atoms. The average Bonchev–Trinajstić information content (AvgIpc) is 2.47. The van der Waals surface area contributed by atoms with Gasteiger partial charge in [0.1, 0.15) is 11.6 Å². The first-order valence-corrected chi connectivity index (χ1v) is 3.40. The smallest absolute Gasteiger partial charge is 0.344 e. The Morgan fingerprint density at radius 1 is 1.83 bits per heavy atom. The van der Waals surface area contributed by atoms with Crippen molar-refractivity contribution in [2.24, 2.45) is 0 Å². The van der Waals surface area contributed by atoms with E-state index in [0.717, 1.165) is 0 Å². The Bertz CT molecular complexity index is 326. The van der Waals surface area contributed by atoms with Crippen LogP contribution >= 0.6 is 11.6 Å². The molecule has 1 aromatic rings. The fourth-order valence-electron chi connectivity index (χ4n) is 0.615. The van der Waals surface area contributed by atoms with Crippen LogP contribution < -0.4 is 0 Å². The van der Waals surface area contributed by atoms with Gasteiger partial charge in [0, 0.05) is 0 Å². The maximum Gasteiger partial charge on any atom is 0.344 e. The van der Waals surface area contributed by atoms with E-state index in [2.05, 4.69) is 9.15 Å². The van der Waals surface area contributed by atoms with Crippen LogP contribution in [-0.2, 0) is 4.74 Å². The second kappa shape index (κ2) is 3.79. The van der Waals surface area contributed by atoms with Crippen LogP contribution in [0.25, 0.3) is 0 Å². The topological polar surface area (TPSA) is 63.2 Å². The van der Waals surface area contributed by atoms with E-state index >= 15 is 0 Å². The first-order chi connectivity index (χ1) is 5.75. The lowest BCUT2D eigenvalue weighted by Gasteiger charge is -1.95. The van der Waals surface area contributed by atoms with Gasteiger partial charge >= 0.3 is 5.97 Å². The van der Waals surface area contributed by atoms with Gasteiger partial charge < -0.3 is 9.15 Å². The summed E-state index contributed by atoms with van der Waals surface area (Å²) in [5.41, 5.74) is 0.131. The zero-order valence-electron chi connectivity index (χ0n) is 5.91. The third-order valence-corrected chi connectivity index (χ3v) is 1.40. The summed E-state index contributed by atoms with van der Waals surface area (Å²) < 4.78 is 9.12. The number of esters is 1. The third-order valence-electron chi connectivity index (χ3n) is 1.11. The summed E-state index contributed by atoms with van der Waals surface area (Å²) in [6, 6.07) is 3.04. The monoisotopic (exact) mass is 185 g/mol. The van der Waals surface area contributed by atoms with Crippen molar-refractivity contribution in [2.45, 2.75) is 0 Å². The van der Waals surface area contributed by atoms with Crippen LogP contribution in [0.3, 0.4) is 0 Å². The Morgan fingerprint density at radius 3 is 3.08 bits per heavy atom. The highest BCUT2D eigenvalue weighted by molar-refractivity contribution is 6.31. The van der Waals surface area contributed by atoms with E-state index in [1.54, 1.807) is 6.07 Å². The summed E-state index contributed by atoms with van der Waals surface area (Å²) in [4.78, 5) is 11.0. The zero-order chi connectivity index (χ0) is 8.97. The first kappa shape index (κ1) is 8.62. The van der Waals surface area contributed by atoms with Crippen molar-refractivity contribution in [1.82, 2.24) is 0 Å². The van der Waals surface area contributed by atoms with Crippen molar-refractivity contribution in [3.63, 3.8) is 0 Å². The minimum absolute atomic E-state index is 0.0297. The molecule has 5 heteroatoms. The molecule has 62 valence electrons. The van der Waals surface area contributed by atoms with Gasteiger partial charge in [-0.15, -0.1) is 0 Å². The van der Waals surface area contributed by atoms with E-state index in [-0.39, 0.29) is 17.4 Å². The molecule has 0 saturated heterocycles. The number of halogens is 1. The average molecular weight is 186 g/mol. The molecule has 0 aromatic carbocycles. The highest BCUT2D eigenvalue weighted by atomic mass is 35.5. The standard InChI is InChI=1S/C7H4ClNO3/c8-6-5(1-3-11-6)7(10)12-4-2-9/h1,3H,4H2. The molecule has 0 aliphatic heterocycles. The Labute approximate surface area is 73.3 Å². The van der Waals surface area contributed by atoms with E-state index in [9.17, 15) is 4.79 Å². The van der Waals surface area contributed by atoms with Gasteiger partial charge in [-0.05, 0) is 17.7 Å². The molecule has 1 heterocycles. The van der Waals surface area contributed by atoms with Gasteiger partial charge in [0.2, 0.25) is 5.22 Å². The minimum Gasteiger partial charge on any atom is -0.452 e. The predicted octanol–water partition coefficient (Wildman–Crippen LogP) is 1.61. The lowest BCUT2D eigenvalue weighted by Crippen LogP contribution is -2.04. The van der Waals surface area contributed by atoms with Crippen LogP contribution in [0.1, 0.15) is 10.4 Å². The number of carbonyl (C=O) groups is 1. The van der Waals surface area contributed by atoms with E-state index < -0.39 is 5.97 Å². The van der Waals surface area contributed by atoms with E-state index in [1.807, 2.05) is 0 Å². The molecule has 1 rings (SSSR count). The molecule has 0 atom stereocenters. The highest BCUT2D eigenvalue weighted by Gasteiger charge is 2.13. The molecule has 0 aliphatic carbocycles. The quantitative estimate of drug-likeness (QED) is 0.657. The summed E-state index contributed by atoms with van der Waals surface area (Å²) >= 11 is 5.46. The lowest BCUT2D eigenvalue weighted by atomic mass is 10.3. The van der Waals surface area contributed by atoms with Gasteiger partial charge in [-0.3, -0.25) is 0 Å². The summed E-state index contributed by atoms with van der Waals surface area (Å²) in [5.74, 6) is -0.657. The van der Waals surface area contributed by atoms with Gasteiger partial charge in [-0.25, -0.2) is 4.79 Å². The SMILES string of the molecule is N#CCOC(=O)c1ccoc1Cl. The molecule has 0 radical (unpaired) electrons. The Kier molecular flexibility index (Phi) is 2.72. The molecular weight excluding hydrogens is 182 g/mol. The van der Waals surface area contributed by atoms with E-state index in [1.165, 1.54) is 12.3 Å². The molecule has 0 amide bonds. The van der Waals surface area contributed by atoms with Crippen LogP contribution in [0.5, 0.6) is 0 Å². The van der Waals surface area contributed by atoms with Gasteiger partial charge in [-0.2, -0.15) is 5.26 Å². The number of furan rings is 1.